The number of hydrogen-bond acceptors (Lipinski definition) is 5. The van der Waals surface area contributed by atoms with E-state index in [1.165, 1.54) is 24.1 Å². The summed E-state index contributed by atoms with van der Waals surface area (Å²) in [5.41, 5.74) is 5.12. The topological polar surface area (TPSA) is 37.2 Å². The van der Waals surface area contributed by atoms with Gasteiger partial charge in [0.2, 0.25) is 0 Å². The summed E-state index contributed by atoms with van der Waals surface area (Å²) in [6.45, 7) is 11.6. The summed E-state index contributed by atoms with van der Waals surface area (Å²) in [5.74, 6) is 0.417. The molecule has 2 aliphatic rings. The maximum absolute atomic E-state index is 14.4. The molecule has 5 nitrogen and oxygen atoms in total. The van der Waals surface area contributed by atoms with E-state index < -0.39 is 0 Å². The van der Waals surface area contributed by atoms with Gasteiger partial charge in [-0.1, -0.05) is 18.3 Å². The van der Waals surface area contributed by atoms with Gasteiger partial charge >= 0.3 is 0 Å². The number of allylic oxidation sites excluding steroid dienone is 1. The van der Waals surface area contributed by atoms with Crippen LogP contribution in [-0.4, -0.2) is 56.8 Å². The standard InChI is InChI=1S/C27H34FN5S/c1-19-16-25-26(17-24(19)28)33(27(30-25)34-3)23-8-14-32(15-9-23)20(2)22-6-12-31(13-7-22)18-21-4-10-29-11-5-21/h4-5,10-11,16-17,22-23H,2,6-9,12-15,18H2,1,3H3. The lowest BCUT2D eigenvalue weighted by Gasteiger charge is -2.41. The summed E-state index contributed by atoms with van der Waals surface area (Å²) in [4.78, 5) is 14.0. The number of halogens is 1. The number of pyridine rings is 1. The van der Waals surface area contributed by atoms with E-state index in [1.54, 1.807) is 24.8 Å². The fourth-order valence-electron chi connectivity index (χ4n) is 5.54. The largest absolute Gasteiger partial charge is 0.375 e. The number of hydrogen-bond donors (Lipinski definition) is 0. The van der Waals surface area contributed by atoms with Gasteiger partial charge in [-0.2, -0.15) is 0 Å². The highest BCUT2D eigenvalue weighted by Crippen LogP contribution is 2.35. The number of benzene rings is 1. The maximum Gasteiger partial charge on any atom is 0.169 e. The van der Waals surface area contributed by atoms with Crippen LogP contribution in [0.5, 0.6) is 0 Å². The van der Waals surface area contributed by atoms with E-state index in [1.807, 2.05) is 18.5 Å². The Bertz CT molecular complexity index is 1140. The maximum atomic E-state index is 14.4. The first-order chi connectivity index (χ1) is 16.5. The molecule has 0 radical (unpaired) electrons. The third-order valence-corrected chi connectivity index (χ3v) is 8.22. The molecular formula is C27H34FN5S. The lowest BCUT2D eigenvalue weighted by atomic mass is 9.91. The van der Waals surface area contributed by atoms with Gasteiger partial charge in [-0.15, -0.1) is 0 Å². The molecule has 0 unspecified atom stereocenters. The van der Waals surface area contributed by atoms with E-state index in [-0.39, 0.29) is 5.82 Å². The monoisotopic (exact) mass is 479 g/mol. The van der Waals surface area contributed by atoms with Crippen molar-refractivity contribution in [3.05, 3.63) is 65.9 Å². The van der Waals surface area contributed by atoms with Crippen LogP contribution in [0.3, 0.4) is 0 Å². The van der Waals surface area contributed by atoms with Gasteiger partial charge < -0.3 is 9.47 Å². The van der Waals surface area contributed by atoms with Gasteiger partial charge in [-0.05, 0) is 81.3 Å². The SMILES string of the molecule is C=C(C1CCN(Cc2ccncc2)CC1)N1CCC(n2c(SC)nc3cc(C)c(F)cc32)CC1. The second-order valence-corrected chi connectivity index (χ2v) is 10.4. The van der Waals surface area contributed by atoms with Gasteiger partial charge in [0.15, 0.2) is 5.16 Å². The minimum atomic E-state index is -0.151. The van der Waals surface area contributed by atoms with Crippen LogP contribution in [0.15, 0.2) is 54.1 Å². The smallest absolute Gasteiger partial charge is 0.169 e. The number of thioether (sulfide) groups is 1. The quantitative estimate of drug-likeness (QED) is 0.426. The molecule has 5 rings (SSSR count). The highest BCUT2D eigenvalue weighted by Gasteiger charge is 2.29. The van der Waals surface area contributed by atoms with Crippen LogP contribution in [-0.2, 0) is 6.54 Å². The Morgan fingerprint density at radius 1 is 1.09 bits per heavy atom. The van der Waals surface area contributed by atoms with Crippen molar-refractivity contribution >= 4 is 22.8 Å². The Hall–Kier alpha value is -2.38. The van der Waals surface area contributed by atoms with Gasteiger partial charge in [0.25, 0.3) is 0 Å². The summed E-state index contributed by atoms with van der Waals surface area (Å²) in [7, 11) is 0. The number of nitrogens with zero attached hydrogens (tertiary/aromatic N) is 5. The number of imidazole rings is 1. The van der Waals surface area contributed by atoms with Crippen molar-refractivity contribution in [1.82, 2.24) is 24.3 Å². The van der Waals surface area contributed by atoms with Crippen molar-refractivity contribution in [2.45, 2.75) is 50.4 Å². The zero-order chi connectivity index (χ0) is 23.7. The molecule has 0 bridgehead atoms. The molecule has 0 aliphatic carbocycles. The third-order valence-electron chi connectivity index (χ3n) is 7.57. The van der Waals surface area contributed by atoms with Crippen LogP contribution in [0.25, 0.3) is 11.0 Å². The van der Waals surface area contributed by atoms with Gasteiger partial charge in [-0.25, -0.2) is 9.37 Å². The second-order valence-electron chi connectivity index (χ2n) is 9.67. The molecule has 0 amide bonds. The van der Waals surface area contributed by atoms with Gasteiger partial charge in [0, 0.05) is 55.8 Å². The Labute approximate surface area is 206 Å². The second kappa shape index (κ2) is 10.1. The number of piperidine rings is 2. The molecule has 4 heterocycles. The molecule has 1 aromatic carbocycles. The minimum Gasteiger partial charge on any atom is -0.375 e. The molecule has 180 valence electrons. The Kier molecular flexibility index (Phi) is 6.93. The molecule has 0 saturated carbocycles. The van der Waals surface area contributed by atoms with Gasteiger partial charge in [-0.3, -0.25) is 9.88 Å². The summed E-state index contributed by atoms with van der Waals surface area (Å²) in [6, 6.07) is 8.11. The molecule has 0 spiro atoms. The lowest BCUT2D eigenvalue weighted by molar-refractivity contribution is 0.153. The molecule has 2 fully saturated rings. The highest BCUT2D eigenvalue weighted by molar-refractivity contribution is 7.98. The molecule has 2 aromatic heterocycles. The zero-order valence-corrected chi connectivity index (χ0v) is 21.0. The molecule has 2 saturated heterocycles. The first kappa shape index (κ1) is 23.4. The zero-order valence-electron chi connectivity index (χ0n) is 20.2. The predicted molar refractivity (Wildman–Crippen MR) is 137 cm³/mol. The number of aryl methyl sites for hydroxylation is 1. The molecule has 0 atom stereocenters. The fourth-order valence-corrected chi connectivity index (χ4v) is 6.17. The van der Waals surface area contributed by atoms with Gasteiger partial charge in [0.1, 0.15) is 5.82 Å². The summed E-state index contributed by atoms with van der Waals surface area (Å²) >= 11 is 1.65. The van der Waals surface area contributed by atoms with Crippen molar-refractivity contribution in [3.63, 3.8) is 0 Å². The number of rotatable bonds is 6. The summed E-state index contributed by atoms with van der Waals surface area (Å²) in [5, 5.41) is 0.985. The molecule has 34 heavy (non-hydrogen) atoms. The van der Waals surface area contributed by atoms with Crippen LogP contribution >= 0.6 is 11.8 Å². The molecule has 7 heteroatoms. The van der Waals surface area contributed by atoms with E-state index in [2.05, 4.69) is 44.3 Å². The van der Waals surface area contributed by atoms with E-state index >= 15 is 0 Å². The first-order valence-corrected chi connectivity index (χ1v) is 13.5. The van der Waals surface area contributed by atoms with Crippen LogP contribution in [0, 0.1) is 18.7 Å². The Morgan fingerprint density at radius 2 is 1.79 bits per heavy atom. The number of fused-ring (bicyclic) bond motifs is 1. The van der Waals surface area contributed by atoms with E-state index in [4.69, 9.17) is 4.98 Å². The lowest BCUT2D eigenvalue weighted by Crippen LogP contribution is -2.40. The van der Waals surface area contributed by atoms with Crippen molar-refractivity contribution in [3.8, 4) is 0 Å². The van der Waals surface area contributed by atoms with Crippen LogP contribution in [0.2, 0.25) is 0 Å². The van der Waals surface area contributed by atoms with E-state index in [0.717, 1.165) is 61.8 Å². The van der Waals surface area contributed by atoms with Crippen LogP contribution < -0.4 is 0 Å². The Morgan fingerprint density at radius 3 is 2.47 bits per heavy atom. The number of aromatic nitrogens is 3. The van der Waals surface area contributed by atoms with Crippen LogP contribution in [0.4, 0.5) is 4.39 Å². The van der Waals surface area contributed by atoms with Crippen molar-refractivity contribution in [1.29, 1.82) is 0 Å². The summed E-state index contributed by atoms with van der Waals surface area (Å²) in [6.07, 6.45) is 10.2. The molecule has 0 N–H and O–H groups in total. The molecule has 2 aliphatic heterocycles. The molecular weight excluding hydrogens is 445 g/mol. The summed E-state index contributed by atoms with van der Waals surface area (Å²) < 4.78 is 16.6. The van der Waals surface area contributed by atoms with E-state index in [9.17, 15) is 4.39 Å². The molecule has 3 aromatic rings. The normalized spacial score (nSPS) is 18.6. The average Bonchev–Trinajstić information content (AvgIpc) is 3.22. The fraction of sp³-hybridized carbons (Fsp3) is 0.481. The minimum absolute atomic E-state index is 0.151. The van der Waals surface area contributed by atoms with Crippen molar-refractivity contribution in [2.75, 3.05) is 32.4 Å². The first-order valence-electron chi connectivity index (χ1n) is 12.3. The number of likely N-dealkylation sites (tertiary alicyclic amines) is 2. The van der Waals surface area contributed by atoms with Gasteiger partial charge in [0.05, 0.1) is 11.0 Å². The third kappa shape index (κ3) is 4.73. The van der Waals surface area contributed by atoms with Crippen LogP contribution in [0.1, 0.15) is 42.9 Å². The average molecular weight is 480 g/mol. The Balaban J connectivity index is 1.19. The predicted octanol–water partition coefficient (Wildman–Crippen LogP) is 5.66. The van der Waals surface area contributed by atoms with Crippen molar-refractivity contribution in [2.24, 2.45) is 5.92 Å². The van der Waals surface area contributed by atoms with E-state index in [0.29, 0.717) is 17.5 Å². The van der Waals surface area contributed by atoms with Crippen molar-refractivity contribution < 1.29 is 4.39 Å². The highest BCUT2D eigenvalue weighted by atomic mass is 32.2.